The van der Waals surface area contributed by atoms with E-state index >= 15 is 0 Å². The Morgan fingerprint density at radius 2 is 2.08 bits per heavy atom. The molecule has 2 heterocycles. The Bertz CT molecular complexity index is 961. The van der Waals surface area contributed by atoms with Gasteiger partial charge in [0.05, 0.1) is 0 Å². The molecule has 26 heavy (non-hydrogen) atoms. The summed E-state index contributed by atoms with van der Waals surface area (Å²) in [4.78, 5) is 25.9. The number of rotatable bonds is 4. The number of amides is 2. The molecule has 0 unspecified atom stereocenters. The fraction of sp³-hybridized carbons (Fsp3) is 0.105. The molecule has 1 N–H and O–H groups in total. The van der Waals surface area contributed by atoms with E-state index in [2.05, 4.69) is 27.8 Å². The van der Waals surface area contributed by atoms with Crippen LogP contribution in [0.15, 0.2) is 57.4 Å². The molecule has 1 aromatic carbocycles. The first-order valence-corrected chi connectivity index (χ1v) is 8.97. The maximum Gasteiger partial charge on any atom is 0.266 e. The molecule has 1 aliphatic heterocycles. The van der Waals surface area contributed by atoms with Crippen LogP contribution in [0.25, 0.3) is 17.4 Å². The topological polar surface area (TPSA) is 62.6 Å². The van der Waals surface area contributed by atoms with E-state index in [9.17, 15) is 9.59 Å². The molecule has 5 nitrogen and oxygen atoms in total. The fourth-order valence-corrected chi connectivity index (χ4v) is 3.47. The zero-order chi connectivity index (χ0) is 18.8. The van der Waals surface area contributed by atoms with Crippen LogP contribution in [0.2, 0.25) is 0 Å². The number of benzene rings is 1. The third-order valence-corrected chi connectivity index (χ3v) is 4.78. The molecule has 0 radical (unpaired) electrons. The van der Waals surface area contributed by atoms with Crippen molar-refractivity contribution < 1.29 is 14.0 Å². The van der Waals surface area contributed by atoms with E-state index in [1.807, 2.05) is 25.1 Å². The third kappa shape index (κ3) is 3.54. The van der Waals surface area contributed by atoms with Gasteiger partial charge in [0, 0.05) is 16.6 Å². The first-order chi connectivity index (χ1) is 12.4. The summed E-state index contributed by atoms with van der Waals surface area (Å²) >= 11 is 8.54. The minimum atomic E-state index is -0.547. The van der Waals surface area contributed by atoms with E-state index < -0.39 is 11.8 Å². The van der Waals surface area contributed by atoms with Gasteiger partial charge in [-0.1, -0.05) is 28.1 Å². The average molecular weight is 431 g/mol. The van der Waals surface area contributed by atoms with E-state index in [0.29, 0.717) is 11.5 Å². The molecule has 1 aromatic heterocycles. The number of hydrogen-bond donors (Lipinski definition) is 1. The summed E-state index contributed by atoms with van der Waals surface area (Å²) in [6.45, 7) is 5.81. The van der Waals surface area contributed by atoms with Crippen molar-refractivity contribution in [2.45, 2.75) is 6.92 Å². The Morgan fingerprint density at radius 1 is 1.31 bits per heavy atom. The summed E-state index contributed by atoms with van der Waals surface area (Å²) in [5.41, 5.74) is 1.97. The predicted molar refractivity (Wildman–Crippen MR) is 107 cm³/mol. The molecule has 0 atom stereocenters. The number of thiocarbonyl (C=S) groups is 1. The second-order valence-corrected chi connectivity index (χ2v) is 6.95. The molecular formula is C19H15BrN2O3S. The van der Waals surface area contributed by atoms with Gasteiger partial charge in [-0.15, -0.1) is 6.58 Å². The van der Waals surface area contributed by atoms with Crippen molar-refractivity contribution in [1.29, 1.82) is 0 Å². The zero-order valence-electron chi connectivity index (χ0n) is 13.9. The van der Waals surface area contributed by atoms with Gasteiger partial charge in [0.1, 0.15) is 17.1 Å². The molecule has 2 amide bonds. The number of hydrogen-bond acceptors (Lipinski definition) is 4. The van der Waals surface area contributed by atoms with E-state index in [1.54, 1.807) is 18.2 Å². The molecule has 0 saturated carbocycles. The van der Waals surface area contributed by atoms with Gasteiger partial charge in [0.2, 0.25) is 0 Å². The van der Waals surface area contributed by atoms with Crippen molar-refractivity contribution >= 4 is 51.2 Å². The van der Waals surface area contributed by atoms with Crippen molar-refractivity contribution in [2.75, 3.05) is 6.54 Å². The number of carbonyl (C=O) groups is 2. The van der Waals surface area contributed by atoms with Gasteiger partial charge < -0.3 is 4.42 Å². The number of nitrogens with zero attached hydrogens (tertiary/aromatic N) is 1. The van der Waals surface area contributed by atoms with Gasteiger partial charge in [-0.3, -0.25) is 19.8 Å². The van der Waals surface area contributed by atoms with E-state index in [4.69, 9.17) is 16.6 Å². The maximum atomic E-state index is 12.5. The molecule has 0 aliphatic carbocycles. The molecular weight excluding hydrogens is 416 g/mol. The minimum absolute atomic E-state index is 0.0377. The van der Waals surface area contributed by atoms with Crippen LogP contribution in [0.5, 0.6) is 0 Å². The zero-order valence-corrected chi connectivity index (χ0v) is 16.3. The first-order valence-electron chi connectivity index (χ1n) is 7.77. The van der Waals surface area contributed by atoms with Gasteiger partial charge in [0.25, 0.3) is 11.8 Å². The van der Waals surface area contributed by atoms with Crippen molar-refractivity contribution in [1.82, 2.24) is 10.2 Å². The normalized spacial score (nSPS) is 16.2. The van der Waals surface area contributed by atoms with E-state index in [1.165, 1.54) is 11.0 Å². The van der Waals surface area contributed by atoms with Crippen LogP contribution >= 0.6 is 28.1 Å². The number of furan rings is 1. The summed E-state index contributed by atoms with van der Waals surface area (Å²) < 4.78 is 6.70. The Labute approximate surface area is 164 Å². The molecule has 7 heteroatoms. The lowest BCUT2D eigenvalue weighted by molar-refractivity contribution is -0.128. The predicted octanol–water partition coefficient (Wildman–Crippen LogP) is 3.83. The van der Waals surface area contributed by atoms with Gasteiger partial charge in [-0.2, -0.15) is 0 Å². The van der Waals surface area contributed by atoms with E-state index in [-0.39, 0.29) is 17.2 Å². The highest BCUT2D eigenvalue weighted by atomic mass is 79.9. The SMILES string of the molecule is C=CCN1C(=O)/C(=C\c2ccc(-c3ccc(C)cc3Br)o2)C(=O)NC1=S. The summed E-state index contributed by atoms with van der Waals surface area (Å²) in [6, 6.07) is 9.41. The number of aryl methyl sites for hydroxylation is 1. The lowest BCUT2D eigenvalue weighted by Crippen LogP contribution is -2.53. The van der Waals surface area contributed by atoms with Crippen LogP contribution in [0, 0.1) is 6.92 Å². The first kappa shape index (κ1) is 18.3. The second-order valence-electron chi connectivity index (χ2n) is 5.71. The molecule has 0 spiro atoms. The van der Waals surface area contributed by atoms with Crippen LogP contribution in [0.4, 0.5) is 0 Å². The largest absolute Gasteiger partial charge is 0.457 e. The molecule has 1 fully saturated rings. The van der Waals surface area contributed by atoms with Gasteiger partial charge in [0.15, 0.2) is 5.11 Å². The molecule has 3 rings (SSSR count). The number of nitrogens with one attached hydrogen (secondary N) is 1. The Balaban J connectivity index is 1.93. The van der Waals surface area contributed by atoms with Crippen molar-refractivity contribution in [3.05, 3.63) is 64.4 Å². The molecule has 0 bridgehead atoms. The second kappa shape index (κ2) is 7.39. The summed E-state index contributed by atoms with van der Waals surface area (Å²) in [7, 11) is 0. The molecule has 132 valence electrons. The summed E-state index contributed by atoms with van der Waals surface area (Å²) in [6.07, 6.45) is 2.96. The van der Waals surface area contributed by atoms with Gasteiger partial charge in [-0.25, -0.2) is 0 Å². The lowest BCUT2D eigenvalue weighted by atomic mass is 10.1. The molecule has 1 aliphatic rings. The fourth-order valence-electron chi connectivity index (χ4n) is 2.53. The molecule has 1 saturated heterocycles. The van der Waals surface area contributed by atoms with Crippen LogP contribution < -0.4 is 5.32 Å². The summed E-state index contributed by atoms with van der Waals surface area (Å²) in [5.74, 6) is 0.00565. The molecule has 2 aromatic rings. The Hall–Kier alpha value is -2.51. The minimum Gasteiger partial charge on any atom is -0.457 e. The summed E-state index contributed by atoms with van der Waals surface area (Å²) in [5, 5.41) is 2.57. The highest BCUT2D eigenvalue weighted by molar-refractivity contribution is 9.10. The quantitative estimate of drug-likeness (QED) is 0.346. The van der Waals surface area contributed by atoms with Crippen LogP contribution in [-0.4, -0.2) is 28.4 Å². The van der Waals surface area contributed by atoms with Gasteiger partial charge >= 0.3 is 0 Å². The van der Waals surface area contributed by atoms with Crippen molar-refractivity contribution in [3.63, 3.8) is 0 Å². The Kier molecular flexibility index (Phi) is 5.20. The highest BCUT2D eigenvalue weighted by Gasteiger charge is 2.32. The number of carbonyl (C=O) groups excluding carboxylic acids is 2. The van der Waals surface area contributed by atoms with Crippen molar-refractivity contribution in [3.8, 4) is 11.3 Å². The van der Waals surface area contributed by atoms with Crippen molar-refractivity contribution in [2.24, 2.45) is 0 Å². The monoisotopic (exact) mass is 430 g/mol. The maximum absolute atomic E-state index is 12.5. The third-order valence-electron chi connectivity index (χ3n) is 3.80. The smallest absolute Gasteiger partial charge is 0.266 e. The number of halogens is 1. The van der Waals surface area contributed by atoms with Gasteiger partial charge in [-0.05, 0) is 55.0 Å². The average Bonchev–Trinajstić information content (AvgIpc) is 3.04. The lowest BCUT2D eigenvalue weighted by Gasteiger charge is -2.27. The van der Waals surface area contributed by atoms with Crippen LogP contribution in [0.3, 0.4) is 0 Å². The Morgan fingerprint density at radius 3 is 2.77 bits per heavy atom. The van der Waals surface area contributed by atoms with Crippen LogP contribution in [0.1, 0.15) is 11.3 Å². The van der Waals surface area contributed by atoms with Crippen LogP contribution in [-0.2, 0) is 9.59 Å². The van der Waals surface area contributed by atoms with E-state index in [0.717, 1.165) is 15.6 Å². The standard InChI is InChI=1S/C19H15BrN2O3S/c1-3-8-22-18(24)14(17(23)21-19(22)26)10-12-5-7-16(25-12)13-6-4-11(2)9-15(13)20/h3-7,9-10H,1,8H2,2H3,(H,21,23,26)/b14-10-. The highest BCUT2D eigenvalue weighted by Crippen LogP contribution is 2.31.